The number of pyridine rings is 2. The van der Waals surface area contributed by atoms with E-state index in [0.29, 0.717) is 11.5 Å². The van der Waals surface area contributed by atoms with Gasteiger partial charge in [0.1, 0.15) is 0 Å². The minimum Gasteiger partial charge on any atom is -0.393 e. The molecule has 3 aromatic heterocycles. The van der Waals surface area contributed by atoms with E-state index in [1.165, 1.54) is 0 Å². The molecule has 0 bridgehead atoms. The highest BCUT2D eigenvalue weighted by molar-refractivity contribution is 5.84. The predicted octanol–water partition coefficient (Wildman–Crippen LogP) is 2.75. The summed E-state index contributed by atoms with van der Waals surface area (Å²) in [5.74, 6) is 0.928. The minimum atomic E-state index is -0.232. The van der Waals surface area contributed by atoms with E-state index in [4.69, 9.17) is 10.7 Å². The molecule has 4 aromatic rings. The zero-order valence-corrected chi connectivity index (χ0v) is 16.4. The third-order valence-corrected chi connectivity index (χ3v) is 5.81. The van der Waals surface area contributed by atoms with Crippen molar-refractivity contribution in [2.75, 3.05) is 0 Å². The molecule has 1 aromatic carbocycles. The number of aliphatic hydroxyl groups is 2. The Hall–Kier alpha value is -3.13. The first-order valence-electron chi connectivity index (χ1n) is 10.1. The van der Waals surface area contributed by atoms with E-state index in [1.807, 2.05) is 48.5 Å². The second kappa shape index (κ2) is 7.60. The highest BCUT2D eigenvalue weighted by Gasteiger charge is 2.33. The lowest BCUT2D eigenvalue weighted by Gasteiger charge is -2.35. The van der Waals surface area contributed by atoms with E-state index in [2.05, 4.69) is 10.1 Å². The molecule has 7 heteroatoms. The van der Waals surface area contributed by atoms with Crippen molar-refractivity contribution in [3.05, 3.63) is 72.2 Å². The van der Waals surface area contributed by atoms with Crippen molar-refractivity contribution in [1.29, 1.82) is 0 Å². The molecule has 1 saturated carbocycles. The molecule has 1 aliphatic rings. The molecule has 30 heavy (non-hydrogen) atoms. The van der Waals surface area contributed by atoms with Gasteiger partial charge in [-0.2, -0.15) is 5.10 Å². The maximum Gasteiger partial charge on any atom is 0.154 e. The number of aliphatic hydroxyl groups excluding tert-OH is 2. The van der Waals surface area contributed by atoms with Gasteiger partial charge in [0.15, 0.2) is 5.82 Å². The van der Waals surface area contributed by atoms with E-state index in [-0.39, 0.29) is 24.7 Å². The quantitative estimate of drug-likeness (QED) is 0.474. The Kier molecular flexibility index (Phi) is 4.78. The zero-order chi connectivity index (χ0) is 20.7. The van der Waals surface area contributed by atoms with Gasteiger partial charge in [0.25, 0.3) is 0 Å². The van der Waals surface area contributed by atoms with Crippen molar-refractivity contribution < 1.29 is 10.2 Å². The fourth-order valence-corrected chi connectivity index (χ4v) is 4.00. The van der Waals surface area contributed by atoms with E-state index in [1.54, 1.807) is 16.9 Å². The molecule has 7 nitrogen and oxygen atoms in total. The maximum atomic E-state index is 9.58. The summed E-state index contributed by atoms with van der Waals surface area (Å²) in [5.41, 5.74) is 10.5. The van der Waals surface area contributed by atoms with Crippen molar-refractivity contribution >= 4 is 10.9 Å². The summed E-state index contributed by atoms with van der Waals surface area (Å²) in [6.45, 7) is -0.118. The standard InChI is InChI=1S/C23H23N5O2/c24-23(16-9-18(30)10-16)20-5-2-4-19(27-20)14-7-8-15-12-25-28(21(15)11-14)22-6-1-3-17(13-29)26-22/h1-8,11-12,16,18,23,29-30H,9-10,13,24H2/t16-,18+,23-/m0/s1. The third kappa shape index (κ3) is 3.37. The summed E-state index contributed by atoms with van der Waals surface area (Å²) in [7, 11) is 0. The summed E-state index contributed by atoms with van der Waals surface area (Å²) < 4.78 is 1.77. The second-order valence-electron chi connectivity index (χ2n) is 7.83. The van der Waals surface area contributed by atoms with Crippen molar-refractivity contribution in [2.24, 2.45) is 11.7 Å². The van der Waals surface area contributed by atoms with E-state index in [9.17, 15) is 10.2 Å². The Morgan fingerprint density at radius 3 is 2.70 bits per heavy atom. The number of nitrogens with zero attached hydrogens (tertiary/aromatic N) is 4. The molecule has 1 fully saturated rings. The van der Waals surface area contributed by atoms with Gasteiger partial charge in [-0.15, -0.1) is 0 Å². The molecule has 1 aliphatic carbocycles. The summed E-state index contributed by atoms with van der Waals surface area (Å²) in [6.07, 6.45) is 3.04. The van der Waals surface area contributed by atoms with Crippen LogP contribution in [0.2, 0.25) is 0 Å². The third-order valence-electron chi connectivity index (χ3n) is 5.81. The van der Waals surface area contributed by atoms with Gasteiger partial charge in [-0.25, -0.2) is 9.67 Å². The van der Waals surface area contributed by atoms with Gasteiger partial charge in [-0.3, -0.25) is 4.98 Å². The van der Waals surface area contributed by atoms with Gasteiger partial charge in [-0.05, 0) is 49.1 Å². The van der Waals surface area contributed by atoms with E-state index >= 15 is 0 Å². The molecule has 1 atom stereocenters. The number of fused-ring (bicyclic) bond motifs is 1. The first-order valence-corrected chi connectivity index (χ1v) is 10.1. The number of nitrogens with two attached hydrogens (primary N) is 1. The number of hydrogen-bond acceptors (Lipinski definition) is 6. The summed E-state index contributed by atoms with van der Waals surface area (Å²) in [5, 5.41) is 24.4. The molecule has 0 radical (unpaired) electrons. The maximum absolute atomic E-state index is 9.58. The van der Waals surface area contributed by atoms with Gasteiger partial charge in [0.05, 0.1) is 47.5 Å². The Bertz CT molecular complexity index is 1200. The number of aromatic nitrogens is 4. The summed E-state index contributed by atoms with van der Waals surface area (Å²) >= 11 is 0. The normalized spacial score (nSPS) is 19.6. The SMILES string of the molecule is N[C@H](c1cccc(-c2ccc3cnn(-c4cccc(CO)n4)c3c2)n1)[C@H]1C[C@@H](O)C1. The van der Waals surface area contributed by atoms with Crippen LogP contribution in [0.1, 0.15) is 30.3 Å². The van der Waals surface area contributed by atoms with Crippen LogP contribution in [0.5, 0.6) is 0 Å². The monoisotopic (exact) mass is 401 g/mol. The molecule has 5 rings (SSSR count). The van der Waals surface area contributed by atoms with Crippen LogP contribution in [0.15, 0.2) is 60.8 Å². The van der Waals surface area contributed by atoms with Crippen LogP contribution in [-0.2, 0) is 6.61 Å². The molecule has 3 heterocycles. The summed E-state index contributed by atoms with van der Waals surface area (Å²) in [6, 6.07) is 17.3. The minimum absolute atomic E-state index is 0.118. The Balaban J connectivity index is 1.52. The second-order valence-corrected chi connectivity index (χ2v) is 7.83. The van der Waals surface area contributed by atoms with Gasteiger partial charge in [0, 0.05) is 10.9 Å². The van der Waals surface area contributed by atoms with Crippen molar-refractivity contribution in [3.63, 3.8) is 0 Å². The van der Waals surface area contributed by atoms with Gasteiger partial charge < -0.3 is 15.9 Å². The number of rotatable bonds is 5. The molecule has 0 unspecified atom stereocenters. The smallest absolute Gasteiger partial charge is 0.154 e. The molecule has 4 N–H and O–H groups in total. The molecule has 0 saturated heterocycles. The lowest BCUT2D eigenvalue weighted by molar-refractivity contribution is 0.0302. The lowest BCUT2D eigenvalue weighted by atomic mass is 9.76. The van der Waals surface area contributed by atoms with Crippen LogP contribution in [0.4, 0.5) is 0 Å². The highest BCUT2D eigenvalue weighted by atomic mass is 16.3. The van der Waals surface area contributed by atoms with Crippen molar-refractivity contribution in [1.82, 2.24) is 19.7 Å². The fraction of sp³-hybridized carbons (Fsp3) is 0.261. The largest absolute Gasteiger partial charge is 0.393 e. The number of benzene rings is 1. The molecular formula is C23H23N5O2. The van der Waals surface area contributed by atoms with Gasteiger partial charge in [-0.1, -0.05) is 24.3 Å². The molecule has 0 aliphatic heterocycles. The van der Waals surface area contributed by atoms with Crippen LogP contribution >= 0.6 is 0 Å². The topological polar surface area (TPSA) is 110 Å². The molecule has 0 amide bonds. The van der Waals surface area contributed by atoms with Crippen LogP contribution in [0.25, 0.3) is 28.0 Å². The summed E-state index contributed by atoms with van der Waals surface area (Å²) in [4.78, 5) is 9.27. The average molecular weight is 401 g/mol. The van der Waals surface area contributed by atoms with E-state index in [0.717, 1.165) is 40.7 Å². The predicted molar refractivity (Wildman–Crippen MR) is 114 cm³/mol. The number of hydrogen-bond donors (Lipinski definition) is 3. The molecular weight excluding hydrogens is 378 g/mol. The van der Waals surface area contributed by atoms with Gasteiger partial charge in [0.2, 0.25) is 0 Å². The van der Waals surface area contributed by atoms with Crippen LogP contribution < -0.4 is 5.73 Å². The Labute approximate surface area is 173 Å². The van der Waals surface area contributed by atoms with Crippen LogP contribution in [0, 0.1) is 5.92 Å². The first kappa shape index (κ1) is 18.9. The van der Waals surface area contributed by atoms with Gasteiger partial charge >= 0.3 is 0 Å². The van der Waals surface area contributed by atoms with E-state index < -0.39 is 0 Å². The Morgan fingerprint density at radius 2 is 1.90 bits per heavy atom. The lowest BCUT2D eigenvalue weighted by Crippen LogP contribution is -2.36. The highest BCUT2D eigenvalue weighted by Crippen LogP contribution is 2.36. The molecule has 152 valence electrons. The van der Waals surface area contributed by atoms with Crippen molar-refractivity contribution in [3.8, 4) is 17.1 Å². The Morgan fingerprint density at radius 1 is 1.07 bits per heavy atom. The zero-order valence-electron chi connectivity index (χ0n) is 16.4. The fourth-order valence-electron chi connectivity index (χ4n) is 4.00. The average Bonchev–Trinajstić information content (AvgIpc) is 3.20. The first-order chi connectivity index (χ1) is 14.6. The van der Waals surface area contributed by atoms with Crippen LogP contribution in [-0.4, -0.2) is 36.1 Å². The van der Waals surface area contributed by atoms with Crippen molar-refractivity contribution in [2.45, 2.75) is 31.6 Å². The molecule has 0 spiro atoms. The van der Waals surface area contributed by atoms with Crippen LogP contribution in [0.3, 0.4) is 0 Å².